The largest absolute Gasteiger partial charge is 0.452 e. The van der Waals surface area contributed by atoms with E-state index in [2.05, 4.69) is 5.32 Å². The number of carbonyl (C=O) groups is 2. The number of halogens is 2. The fourth-order valence-electron chi connectivity index (χ4n) is 2.28. The SMILES string of the molecule is Cc1ccccc1CCNC(=O)COC(=O)/C=C/c1c(F)cccc1Cl. The number of amides is 1. The molecule has 0 aromatic heterocycles. The molecule has 136 valence electrons. The van der Waals surface area contributed by atoms with E-state index in [0.29, 0.717) is 13.0 Å². The summed E-state index contributed by atoms with van der Waals surface area (Å²) in [5.41, 5.74) is 2.40. The molecule has 4 nitrogen and oxygen atoms in total. The fourth-order valence-corrected chi connectivity index (χ4v) is 2.51. The lowest BCUT2D eigenvalue weighted by molar-refractivity contribution is -0.143. The maximum absolute atomic E-state index is 13.6. The van der Waals surface area contributed by atoms with Crippen LogP contribution in [0.15, 0.2) is 48.5 Å². The first-order valence-corrected chi connectivity index (χ1v) is 8.45. The number of hydrogen-bond donors (Lipinski definition) is 1. The van der Waals surface area contributed by atoms with Crippen LogP contribution in [0.5, 0.6) is 0 Å². The number of ether oxygens (including phenoxy) is 1. The molecule has 0 radical (unpaired) electrons. The third kappa shape index (κ3) is 6.01. The number of hydrogen-bond acceptors (Lipinski definition) is 3. The van der Waals surface area contributed by atoms with Crippen molar-refractivity contribution in [3.8, 4) is 0 Å². The predicted molar refractivity (Wildman–Crippen MR) is 99.3 cm³/mol. The maximum atomic E-state index is 13.6. The van der Waals surface area contributed by atoms with Crippen molar-refractivity contribution in [2.75, 3.05) is 13.2 Å². The van der Waals surface area contributed by atoms with Crippen LogP contribution in [0.1, 0.15) is 16.7 Å². The van der Waals surface area contributed by atoms with Crippen LogP contribution in [-0.2, 0) is 20.7 Å². The van der Waals surface area contributed by atoms with Gasteiger partial charge in [0.05, 0.1) is 5.02 Å². The van der Waals surface area contributed by atoms with Crippen LogP contribution < -0.4 is 5.32 Å². The molecular formula is C20H19ClFNO3. The van der Waals surface area contributed by atoms with Gasteiger partial charge in [0.15, 0.2) is 6.61 Å². The Bertz CT molecular complexity index is 800. The van der Waals surface area contributed by atoms with Crippen LogP contribution in [0.3, 0.4) is 0 Å². The molecule has 0 heterocycles. The minimum Gasteiger partial charge on any atom is -0.452 e. The van der Waals surface area contributed by atoms with Crippen LogP contribution >= 0.6 is 11.6 Å². The van der Waals surface area contributed by atoms with Crippen molar-refractivity contribution in [2.24, 2.45) is 0 Å². The van der Waals surface area contributed by atoms with Gasteiger partial charge in [-0.2, -0.15) is 0 Å². The average molecular weight is 376 g/mol. The van der Waals surface area contributed by atoms with Crippen LogP contribution in [0.2, 0.25) is 5.02 Å². The molecule has 0 atom stereocenters. The molecule has 0 aliphatic rings. The fraction of sp³-hybridized carbons (Fsp3) is 0.200. The summed E-state index contributed by atoms with van der Waals surface area (Å²) in [6.07, 6.45) is 2.94. The van der Waals surface area contributed by atoms with Gasteiger partial charge in [-0.25, -0.2) is 9.18 Å². The highest BCUT2D eigenvalue weighted by Crippen LogP contribution is 2.20. The van der Waals surface area contributed by atoms with Gasteiger partial charge in [0.25, 0.3) is 5.91 Å². The van der Waals surface area contributed by atoms with E-state index in [1.54, 1.807) is 0 Å². The zero-order valence-electron chi connectivity index (χ0n) is 14.3. The Morgan fingerprint density at radius 1 is 1.19 bits per heavy atom. The van der Waals surface area contributed by atoms with Gasteiger partial charge in [-0.3, -0.25) is 4.79 Å². The van der Waals surface area contributed by atoms with Crippen molar-refractivity contribution in [3.05, 3.63) is 76.1 Å². The highest BCUT2D eigenvalue weighted by atomic mass is 35.5. The van der Waals surface area contributed by atoms with Crippen molar-refractivity contribution in [2.45, 2.75) is 13.3 Å². The van der Waals surface area contributed by atoms with Crippen molar-refractivity contribution in [1.29, 1.82) is 0 Å². The molecule has 6 heteroatoms. The number of carbonyl (C=O) groups excluding carboxylic acids is 2. The van der Waals surface area contributed by atoms with Gasteiger partial charge in [0, 0.05) is 18.2 Å². The Balaban J connectivity index is 1.74. The first kappa shape index (κ1) is 19.7. The van der Waals surface area contributed by atoms with Gasteiger partial charge in [0.2, 0.25) is 0 Å². The van der Waals surface area contributed by atoms with Gasteiger partial charge < -0.3 is 10.1 Å². The van der Waals surface area contributed by atoms with Gasteiger partial charge in [-0.05, 0) is 42.7 Å². The number of nitrogens with one attached hydrogen (secondary N) is 1. The summed E-state index contributed by atoms with van der Waals surface area (Å²) in [5, 5.41) is 2.87. The van der Waals surface area contributed by atoms with E-state index in [9.17, 15) is 14.0 Å². The summed E-state index contributed by atoms with van der Waals surface area (Å²) in [7, 11) is 0. The predicted octanol–water partition coefficient (Wildman–Crippen LogP) is 3.70. The van der Waals surface area contributed by atoms with Crippen LogP contribution in [0.25, 0.3) is 6.08 Å². The molecular weight excluding hydrogens is 357 g/mol. The standard InChI is InChI=1S/C20H19ClFNO3/c1-14-5-2-3-6-15(14)11-12-23-19(24)13-26-20(25)10-9-16-17(21)7-4-8-18(16)22/h2-10H,11-13H2,1H3,(H,23,24)/b10-9+. The summed E-state index contributed by atoms with van der Waals surface area (Å²) in [4.78, 5) is 23.3. The highest BCUT2D eigenvalue weighted by molar-refractivity contribution is 6.32. The number of benzene rings is 2. The monoisotopic (exact) mass is 375 g/mol. The third-order valence-corrected chi connectivity index (χ3v) is 4.04. The summed E-state index contributed by atoms with van der Waals surface area (Å²) in [6.45, 7) is 2.05. The Hall–Kier alpha value is -2.66. The van der Waals surface area contributed by atoms with Crippen molar-refractivity contribution in [1.82, 2.24) is 5.32 Å². The van der Waals surface area contributed by atoms with E-state index in [-0.39, 0.29) is 10.6 Å². The topological polar surface area (TPSA) is 55.4 Å². The molecule has 0 aliphatic heterocycles. The maximum Gasteiger partial charge on any atom is 0.331 e. The molecule has 0 spiro atoms. The van der Waals surface area contributed by atoms with E-state index in [1.807, 2.05) is 31.2 Å². The van der Waals surface area contributed by atoms with E-state index in [4.69, 9.17) is 16.3 Å². The third-order valence-electron chi connectivity index (χ3n) is 3.71. The quantitative estimate of drug-likeness (QED) is 0.593. The molecule has 0 unspecified atom stereocenters. The van der Waals surface area contributed by atoms with E-state index in [1.165, 1.54) is 24.3 Å². The molecule has 0 saturated heterocycles. The van der Waals surface area contributed by atoms with E-state index in [0.717, 1.165) is 17.2 Å². The molecule has 2 aromatic carbocycles. The van der Waals surface area contributed by atoms with Gasteiger partial charge in [-0.15, -0.1) is 0 Å². The summed E-state index contributed by atoms with van der Waals surface area (Å²) in [6, 6.07) is 12.1. The number of rotatable bonds is 7. The lowest BCUT2D eigenvalue weighted by Gasteiger charge is -2.07. The molecule has 0 bridgehead atoms. The van der Waals surface area contributed by atoms with Gasteiger partial charge in [-0.1, -0.05) is 41.9 Å². The van der Waals surface area contributed by atoms with Crippen LogP contribution in [-0.4, -0.2) is 25.0 Å². The molecule has 26 heavy (non-hydrogen) atoms. The van der Waals surface area contributed by atoms with Crippen molar-refractivity contribution in [3.63, 3.8) is 0 Å². The first-order valence-electron chi connectivity index (χ1n) is 8.07. The molecule has 2 aromatic rings. The number of aryl methyl sites for hydroxylation is 1. The molecule has 0 aliphatic carbocycles. The zero-order valence-corrected chi connectivity index (χ0v) is 15.1. The Kier molecular flexibility index (Phi) is 7.36. The van der Waals surface area contributed by atoms with Crippen molar-refractivity contribution >= 4 is 29.6 Å². The smallest absolute Gasteiger partial charge is 0.331 e. The lowest BCUT2D eigenvalue weighted by Crippen LogP contribution is -2.30. The van der Waals surface area contributed by atoms with Crippen LogP contribution in [0.4, 0.5) is 4.39 Å². The second-order valence-corrected chi connectivity index (χ2v) is 6.01. The average Bonchev–Trinajstić information content (AvgIpc) is 2.61. The number of esters is 1. The zero-order chi connectivity index (χ0) is 18.9. The second-order valence-electron chi connectivity index (χ2n) is 5.60. The van der Waals surface area contributed by atoms with Gasteiger partial charge >= 0.3 is 5.97 Å². The molecule has 0 fully saturated rings. The summed E-state index contributed by atoms with van der Waals surface area (Å²) >= 11 is 5.85. The normalized spacial score (nSPS) is 10.7. The Morgan fingerprint density at radius 2 is 1.96 bits per heavy atom. The Labute approximate surface area is 156 Å². The second kappa shape index (κ2) is 9.73. The Morgan fingerprint density at radius 3 is 2.69 bits per heavy atom. The van der Waals surface area contributed by atoms with E-state index >= 15 is 0 Å². The molecule has 1 amide bonds. The van der Waals surface area contributed by atoms with Gasteiger partial charge in [0.1, 0.15) is 5.82 Å². The lowest BCUT2D eigenvalue weighted by atomic mass is 10.1. The van der Waals surface area contributed by atoms with Crippen LogP contribution in [0, 0.1) is 12.7 Å². The molecule has 0 saturated carbocycles. The summed E-state index contributed by atoms with van der Waals surface area (Å²) in [5.74, 6) is -1.70. The van der Waals surface area contributed by atoms with Crippen molar-refractivity contribution < 1.29 is 18.7 Å². The first-order chi connectivity index (χ1) is 12.5. The minimum atomic E-state index is -0.752. The van der Waals surface area contributed by atoms with E-state index < -0.39 is 24.3 Å². The molecule has 1 N–H and O–H groups in total. The minimum absolute atomic E-state index is 0.0915. The highest BCUT2D eigenvalue weighted by Gasteiger charge is 2.07. The summed E-state index contributed by atoms with van der Waals surface area (Å²) < 4.78 is 18.4. The molecule has 2 rings (SSSR count).